The maximum absolute atomic E-state index is 13.7. The molecule has 0 radical (unpaired) electrons. The molecule has 3 aliphatic heterocycles. The molecule has 0 aromatic heterocycles. The number of sulfonamides is 1. The van der Waals surface area contributed by atoms with E-state index in [1.165, 1.54) is 0 Å². The minimum Gasteiger partial charge on any atom is -0.454 e. The number of nitrogens with zero attached hydrogens (tertiary/aromatic N) is 3. The molecule has 0 atom stereocenters. The van der Waals surface area contributed by atoms with Gasteiger partial charge in [0.2, 0.25) is 16.8 Å². The number of amides is 1. The van der Waals surface area contributed by atoms with Crippen molar-refractivity contribution in [2.45, 2.75) is 50.0 Å². The summed E-state index contributed by atoms with van der Waals surface area (Å²) in [6.07, 6.45) is 6.04. The fraction of sp³-hybridized carbons (Fsp3) is 0.500. The molecule has 2 aromatic carbocycles. The first kappa shape index (κ1) is 23.9. The van der Waals surface area contributed by atoms with Crippen molar-refractivity contribution in [2.24, 2.45) is 0 Å². The monoisotopic (exact) mass is 499 g/mol. The van der Waals surface area contributed by atoms with Gasteiger partial charge in [-0.25, -0.2) is 8.42 Å². The first-order valence-corrected chi connectivity index (χ1v) is 13.9. The van der Waals surface area contributed by atoms with E-state index in [4.69, 9.17) is 9.47 Å². The van der Waals surface area contributed by atoms with Crippen molar-refractivity contribution in [3.8, 4) is 11.5 Å². The molecule has 9 heteroatoms. The van der Waals surface area contributed by atoms with Crippen molar-refractivity contribution < 1.29 is 22.7 Å². The first-order chi connectivity index (χ1) is 16.9. The Balaban J connectivity index is 1.43. The maximum Gasteiger partial charge on any atom is 0.253 e. The van der Waals surface area contributed by atoms with E-state index in [0.29, 0.717) is 42.4 Å². The Morgan fingerprint density at radius 2 is 1.57 bits per heavy atom. The van der Waals surface area contributed by atoms with E-state index in [-0.39, 0.29) is 17.6 Å². The average Bonchev–Trinajstić information content (AvgIpc) is 3.37. The summed E-state index contributed by atoms with van der Waals surface area (Å²) < 4.78 is 39.9. The highest BCUT2D eigenvalue weighted by atomic mass is 32.2. The topological polar surface area (TPSA) is 79.4 Å². The van der Waals surface area contributed by atoms with Crippen LogP contribution in [-0.4, -0.2) is 63.5 Å². The number of piperidine rings is 2. The van der Waals surface area contributed by atoms with Crippen molar-refractivity contribution in [3.05, 3.63) is 47.5 Å². The zero-order chi connectivity index (χ0) is 24.4. The molecule has 0 saturated carbocycles. The minimum atomic E-state index is -3.70. The molecule has 0 spiro atoms. The van der Waals surface area contributed by atoms with E-state index in [2.05, 4.69) is 4.90 Å². The van der Waals surface area contributed by atoms with Gasteiger partial charge < -0.3 is 19.3 Å². The number of ether oxygens (including phenoxy) is 2. The van der Waals surface area contributed by atoms with Crippen LogP contribution in [-0.2, 0) is 16.6 Å². The van der Waals surface area contributed by atoms with Crippen LogP contribution in [0.2, 0.25) is 0 Å². The Labute approximate surface area is 207 Å². The third-order valence-electron chi connectivity index (χ3n) is 7.04. The molecular weight excluding hydrogens is 466 g/mol. The highest BCUT2D eigenvalue weighted by Gasteiger charge is 2.31. The summed E-state index contributed by atoms with van der Waals surface area (Å²) in [5.41, 5.74) is 2.01. The van der Waals surface area contributed by atoms with Crippen LogP contribution in [0.4, 0.5) is 5.69 Å². The molecule has 0 aliphatic carbocycles. The number of carbonyl (C=O) groups is 1. The average molecular weight is 500 g/mol. The number of hydrogen-bond donors (Lipinski definition) is 0. The smallest absolute Gasteiger partial charge is 0.253 e. The molecule has 0 N–H and O–H groups in total. The lowest BCUT2D eigenvalue weighted by Crippen LogP contribution is -2.38. The van der Waals surface area contributed by atoms with Gasteiger partial charge in [-0.05, 0) is 68.0 Å². The predicted octanol–water partition coefficient (Wildman–Crippen LogP) is 3.85. The maximum atomic E-state index is 13.7. The van der Waals surface area contributed by atoms with Crippen LogP contribution < -0.4 is 14.4 Å². The van der Waals surface area contributed by atoms with Crippen molar-refractivity contribution in [3.63, 3.8) is 0 Å². The van der Waals surface area contributed by atoms with E-state index < -0.39 is 10.0 Å². The van der Waals surface area contributed by atoms with Gasteiger partial charge in [0, 0.05) is 45.3 Å². The fourth-order valence-corrected chi connectivity index (χ4v) is 6.85. The van der Waals surface area contributed by atoms with Gasteiger partial charge in [-0.15, -0.1) is 0 Å². The number of benzene rings is 2. The summed E-state index contributed by atoms with van der Waals surface area (Å²) in [4.78, 5) is 17.4. The lowest BCUT2D eigenvalue weighted by Gasteiger charge is -2.33. The normalized spacial score (nSPS) is 18.5. The second-order valence-corrected chi connectivity index (χ2v) is 11.5. The third kappa shape index (κ3) is 4.97. The van der Waals surface area contributed by atoms with Crippen LogP contribution in [0.15, 0.2) is 41.3 Å². The van der Waals surface area contributed by atoms with Gasteiger partial charge in [0.05, 0.1) is 5.69 Å². The Morgan fingerprint density at radius 1 is 0.886 bits per heavy atom. The second-order valence-electron chi connectivity index (χ2n) is 9.54. The number of fused-ring (bicyclic) bond motifs is 1. The van der Waals surface area contributed by atoms with Crippen LogP contribution in [0.5, 0.6) is 11.5 Å². The summed E-state index contributed by atoms with van der Waals surface area (Å²) in [6.45, 7) is 3.30. The van der Waals surface area contributed by atoms with Gasteiger partial charge in [-0.2, -0.15) is 4.31 Å². The second kappa shape index (κ2) is 10.1. The Hall–Kier alpha value is -2.78. The number of carbonyl (C=O) groups excluding carboxylic acids is 1. The SMILES string of the molecule is CN(Cc1ccc2c(c1)OCO2)C(=O)c1ccc(N2CCCCC2)c(S(=O)(=O)N2CCCCC2)c1. The summed E-state index contributed by atoms with van der Waals surface area (Å²) in [5.74, 6) is 1.15. The third-order valence-corrected chi connectivity index (χ3v) is 8.97. The Kier molecular flexibility index (Phi) is 6.88. The standard InChI is InChI=1S/C26H33N3O5S/c1-27(18-20-8-11-23-24(16-20)34-19-33-23)26(30)21-9-10-22(28-12-4-2-5-13-28)25(17-21)35(31,32)29-14-6-3-7-15-29/h8-11,16-17H,2-7,12-15,18-19H2,1H3. The highest BCUT2D eigenvalue weighted by molar-refractivity contribution is 7.89. The van der Waals surface area contributed by atoms with Crippen molar-refractivity contribution in [1.29, 1.82) is 0 Å². The molecule has 0 unspecified atom stereocenters. The molecule has 2 fully saturated rings. The molecule has 1 amide bonds. The molecule has 3 aliphatic rings. The number of rotatable bonds is 6. The van der Waals surface area contributed by atoms with E-state index in [1.54, 1.807) is 28.4 Å². The molecule has 3 heterocycles. The lowest BCUT2D eigenvalue weighted by molar-refractivity contribution is 0.0784. The van der Waals surface area contributed by atoms with E-state index in [0.717, 1.165) is 57.2 Å². The largest absolute Gasteiger partial charge is 0.454 e. The Morgan fingerprint density at radius 3 is 2.31 bits per heavy atom. The molecule has 2 aromatic rings. The predicted molar refractivity (Wildman–Crippen MR) is 133 cm³/mol. The molecule has 8 nitrogen and oxygen atoms in total. The summed E-state index contributed by atoms with van der Waals surface area (Å²) in [7, 11) is -1.97. The Bertz CT molecular complexity index is 1190. The van der Waals surface area contributed by atoms with Crippen LogP contribution >= 0.6 is 0 Å². The van der Waals surface area contributed by atoms with Gasteiger partial charge >= 0.3 is 0 Å². The molecule has 35 heavy (non-hydrogen) atoms. The fourth-order valence-electron chi connectivity index (χ4n) is 5.10. The summed E-state index contributed by atoms with van der Waals surface area (Å²) >= 11 is 0. The zero-order valence-electron chi connectivity index (χ0n) is 20.2. The zero-order valence-corrected chi connectivity index (χ0v) is 21.1. The van der Waals surface area contributed by atoms with Gasteiger partial charge in [-0.3, -0.25) is 4.79 Å². The summed E-state index contributed by atoms with van der Waals surface area (Å²) in [6, 6.07) is 10.8. The first-order valence-electron chi connectivity index (χ1n) is 12.5. The van der Waals surface area contributed by atoms with Crippen LogP contribution in [0.25, 0.3) is 0 Å². The summed E-state index contributed by atoms with van der Waals surface area (Å²) in [5, 5.41) is 0. The molecule has 0 bridgehead atoms. The minimum absolute atomic E-state index is 0.200. The molecule has 188 valence electrons. The van der Waals surface area contributed by atoms with Crippen LogP contribution in [0, 0.1) is 0 Å². The van der Waals surface area contributed by atoms with E-state index in [9.17, 15) is 13.2 Å². The van der Waals surface area contributed by atoms with Crippen LogP contribution in [0.1, 0.15) is 54.4 Å². The van der Waals surface area contributed by atoms with Crippen molar-refractivity contribution >= 4 is 21.6 Å². The van der Waals surface area contributed by atoms with Gasteiger partial charge in [-0.1, -0.05) is 12.5 Å². The molecule has 2 saturated heterocycles. The highest BCUT2D eigenvalue weighted by Crippen LogP contribution is 2.34. The number of hydrogen-bond acceptors (Lipinski definition) is 6. The van der Waals surface area contributed by atoms with E-state index in [1.807, 2.05) is 24.3 Å². The van der Waals surface area contributed by atoms with Gasteiger partial charge in [0.25, 0.3) is 5.91 Å². The van der Waals surface area contributed by atoms with Gasteiger partial charge in [0.1, 0.15) is 4.90 Å². The number of anilines is 1. The molecular formula is C26H33N3O5S. The molecule has 5 rings (SSSR count). The lowest BCUT2D eigenvalue weighted by atomic mass is 10.1. The van der Waals surface area contributed by atoms with Crippen molar-refractivity contribution in [1.82, 2.24) is 9.21 Å². The van der Waals surface area contributed by atoms with Gasteiger partial charge in [0.15, 0.2) is 11.5 Å². The van der Waals surface area contributed by atoms with Crippen LogP contribution in [0.3, 0.4) is 0 Å². The van der Waals surface area contributed by atoms with Crippen molar-refractivity contribution in [2.75, 3.05) is 44.9 Å². The quantitative estimate of drug-likeness (QED) is 0.601. The van der Waals surface area contributed by atoms with E-state index >= 15 is 0 Å².